The Balaban J connectivity index is 2.13. The van der Waals surface area contributed by atoms with Crippen LogP contribution in [0.4, 0.5) is 5.82 Å². The van der Waals surface area contributed by atoms with Crippen molar-refractivity contribution in [2.75, 3.05) is 18.4 Å². The normalized spacial score (nSPS) is 10.3. The fourth-order valence-electron chi connectivity index (χ4n) is 1.53. The summed E-state index contributed by atoms with van der Waals surface area (Å²) in [6, 6.07) is 12.0. The standard InChI is InChI=1S/C12H16N4/c13-8-4-9-14-12-7-10-15-16(12)11-5-2-1-3-6-11/h1-3,5-7,10,14H,4,8-9,13H2. The first-order chi connectivity index (χ1) is 7.92. The van der Waals surface area contributed by atoms with Crippen molar-refractivity contribution in [1.82, 2.24) is 9.78 Å². The number of nitrogens with zero attached hydrogens (tertiary/aromatic N) is 2. The van der Waals surface area contributed by atoms with E-state index in [2.05, 4.69) is 10.4 Å². The molecule has 3 N–H and O–H groups in total. The second-order valence-electron chi connectivity index (χ2n) is 3.53. The van der Waals surface area contributed by atoms with E-state index in [0.29, 0.717) is 6.54 Å². The molecule has 0 aliphatic carbocycles. The second-order valence-corrected chi connectivity index (χ2v) is 3.53. The van der Waals surface area contributed by atoms with E-state index in [1.165, 1.54) is 0 Å². The summed E-state index contributed by atoms with van der Waals surface area (Å²) in [6.45, 7) is 1.57. The number of aromatic nitrogens is 2. The number of nitrogens with one attached hydrogen (secondary N) is 1. The van der Waals surface area contributed by atoms with Gasteiger partial charge in [0.15, 0.2) is 0 Å². The lowest BCUT2D eigenvalue weighted by atomic mass is 10.3. The van der Waals surface area contributed by atoms with Crippen LogP contribution in [0.3, 0.4) is 0 Å². The number of para-hydroxylation sites is 1. The van der Waals surface area contributed by atoms with Crippen molar-refractivity contribution in [3.05, 3.63) is 42.6 Å². The highest BCUT2D eigenvalue weighted by atomic mass is 15.3. The molecule has 84 valence electrons. The van der Waals surface area contributed by atoms with Gasteiger partial charge in [-0.1, -0.05) is 18.2 Å². The van der Waals surface area contributed by atoms with Crippen LogP contribution in [0, 0.1) is 0 Å². The fourth-order valence-corrected chi connectivity index (χ4v) is 1.53. The van der Waals surface area contributed by atoms with Crippen LogP contribution in [0.15, 0.2) is 42.6 Å². The lowest BCUT2D eigenvalue weighted by molar-refractivity contribution is 0.838. The van der Waals surface area contributed by atoms with Gasteiger partial charge in [0, 0.05) is 12.6 Å². The van der Waals surface area contributed by atoms with Crippen molar-refractivity contribution in [2.24, 2.45) is 5.73 Å². The molecule has 0 fully saturated rings. The van der Waals surface area contributed by atoms with Gasteiger partial charge in [-0.15, -0.1) is 0 Å². The van der Waals surface area contributed by atoms with Crippen molar-refractivity contribution in [2.45, 2.75) is 6.42 Å². The summed E-state index contributed by atoms with van der Waals surface area (Å²) >= 11 is 0. The summed E-state index contributed by atoms with van der Waals surface area (Å²) in [5.41, 5.74) is 6.51. The van der Waals surface area contributed by atoms with Crippen LogP contribution >= 0.6 is 0 Å². The number of rotatable bonds is 5. The number of benzene rings is 1. The third-order valence-corrected chi connectivity index (χ3v) is 2.33. The third-order valence-electron chi connectivity index (χ3n) is 2.33. The molecule has 0 atom stereocenters. The molecule has 0 spiro atoms. The number of hydrogen-bond acceptors (Lipinski definition) is 3. The van der Waals surface area contributed by atoms with Crippen LogP contribution < -0.4 is 11.1 Å². The zero-order chi connectivity index (χ0) is 11.2. The zero-order valence-corrected chi connectivity index (χ0v) is 9.13. The van der Waals surface area contributed by atoms with Gasteiger partial charge in [0.05, 0.1) is 11.9 Å². The Morgan fingerprint density at radius 3 is 2.75 bits per heavy atom. The highest BCUT2D eigenvalue weighted by Gasteiger charge is 2.02. The van der Waals surface area contributed by atoms with Gasteiger partial charge in [0.25, 0.3) is 0 Å². The van der Waals surface area contributed by atoms with Crippen molar-refractivity contribution in [3.63, 3.8) is 0 Å². The second kappa shape index (κ2) is 5.32. The molecule has 0 saturated heterocycles. The number of anilines is 1. The van der Waals surface area contributed by atoms with Gasteiger partial charge in [0.1, 0.15) is 5.82 Å². The molecule has 0 radical (unpaired) electrons. The average molecular weight is 216 g/mol. The van der Waals surface area contributed by atoms with Gasteiger partial charge in [-0.25, -0.2) is 4.68 Å². The van der Waals surface area contributed by atoms with Gasteiger partial charge in [-0.05, 0) is 25.1 Å². The van der Waals surface area contributed by atoms with Crippen LogP contribution in [0.5, 0.6) is 0 Å². The van der Waals surface area contributed by atoms with E-state index in [1.54, 1.807) is 6.20 Å². The SMILES string of the molecule is NCCCNc1ccnn1-c1ccccc1. The Hall–Kier alpha value is -1.81. The largest absolute Gasteiger partial charge is 0.370 e. The maximum Gasteiger partial charge on any atom is 0.129 e. The van der Waals surface area contributed by atoms with E-state index in [0.717, 1.165) is 24.5 Å². The molecule has 0 saturated carbocycles. The molecule has 1 aromatic carbocycles. The summed E-state index contributed by atoms with van der Waals surface area (Å²) in [4.78, 5) is 0. The molecular weight excluding hydrogens is 200 g/mol. The van der Waals surface area contributed by atoms with Crippen LogP contribution in [-0.4, -0.2) is 22.9 Å². The minimum absolute atomic E-state index is 0.701. The molecule has 0 amide bonds. The van der Waals surface area contributed by atoms with Crippen molar-refractivity contribution < 1.29 is 0 Å². The number of nitrogens with two attached hydrogens (primary N) is 1. The third kappa shape index (κ3) is 2.41. The van der Waals surface area contributed by atoms with E-state index in [9.17, 15) is 0 Å². The molecule has 0 aliphatic rings. The molecule has 2 rings (SSSR count). The monoisotopic (exact) mass is 216 g/mol. The Kier molecular flexibility index (Phi) is 3.56. The molecule has 16 heavy (non-hydrogen) atoms. The topological polar surface area (TPSA) is 55.9 Å². The minimum atomic E-state index is 0.701. The van der Waals surface area contributed by atoms with E-state index in [-0.39, 0.29) is 0 Å². The predicted octanol–water partition coefficient (Wildman–Crippen LogP) is 1.63. The Morgan fingerprint density at radius 2 is 2.00 bits per heavy atom. The molecule has 4 nitrogen and oxygen atoms in total. The molecule has 0 unspecified atom stereocenters. The first kappa shape index (κ1) is 10.7. The maximum atomic E-state index is 5.45. The maximum absolute atomic E-state index is 5.45. The van der Waals surface area contributed by atoms with Crippen LogP contribution in [0.25, 0.3) is 5.69 Å². The van der Waals surface area contributed by atoms with Gasteiger partial charge < -0.3 is 11.1 Å². The Labute approximate surface area is 95.1 Å². The quantitative estimate of drug-likeness (QED) is 0.747. The smallest absolute Gasteiger partial charge is 0.129 e. The van der Waals surface area contributed by atoms with E-state index in [4.69, 9.17) is 5.73 Å². The van der Waals surface area contributed by atoms with Crippen molar-refractivity contribution in [3.8, 4) is 5.69 Å². The van der Waals surface area contributed by atoms with Crippen molar-refractivity contribution >= 4 is 5.82 Å². The fraction of sp³-hybridized carbons (Fsp3) is 0.250. The van der Waals surface area contributed by atoms with Gasteiger partial charge in [-0.3, -0.25) is 0 Å². The Morgan fingerprint density at radius 1 is 1.19 bits per heavy atom. The predicted molar refractivity (Wildman–Crippen MR) is 65.7 cm³/mol. The minimum Gasteiger partial charge on any atom is -0.370 e. The molecule has 4 heteroatoms. The summed E-state index contributed by atoms with van der Waals surface area (Å²) in [7, 11) is 0. The molecular formula is C12H16N4. The summed E-state index contributed by atoms with van der Waals surface area (Å²) in [6.07, 6.45) is 2.75. The molecule has 0 aliphatic heterocycles. The summed E-state index contributed by atoms with van der Waals surface area (Å²) in [5.74, 6) is 1.000. The van der Waals surface area contributed by atoms with Crippen molar-refractivity contribution in [1.29, 1.82) is 0 Å². The van der Waals surface area contributed by atoms with Crippen LogP contribution in [-0.2, 0) is 0 Å². The van der Waals surface area contributed by atoms with E-state index in [1.807, 2.05) is 41.1 Å². The lowest BCUT2D eigenvalue weighted by Gasteiger charge is -2.08. The van der Waals surface area contributed by atoms with Gasteiger partial charge >= 0.3 is 0 Å². The zero-order valence-electron chi connectivity index (χ0n) is 9.13. The summed E-state index contributed by atoms with van der Waals surface area (Å²) < 4.78 is 1.89. The molecule has 0 bridgehead atoms. The average Bonchev–Trinajstić information content (AvgIpc) is 2.79. The van der Waals surface area contributed by atoms with Crippen LogP contribution in [0.2, 0.25) is 0 Å². The lowest BCUT2D eigenvalue weighted by Crippen LogP contribution is -2.11. The summed E-state index contributed by atoms with van der Waals surface area (Å²) in [5, 5.41) is 7.60. The first-order valence-corrected chi connectivity index (χ1v) is 5.45. The Bertz CT molecular complexity index is 422. The van der Waals surface area contributed by atoms with Crippen LogP contribution in [0.1, 0.15) is 6.42 Å². The molecule has 2 aromatic rings. The van der Waals surface area contributed by atoms with Gasteiger partial charge in [-0.2, -0.15) is 5.10 Å². The molecule has 1 heterocycles. The van der Waals surface area contributed by atoms with Gasteiger partial charge in [0.2, 0.25) is 0 Å². The molecule has 1 aromatic heterocycles. The number of hydrogen-bond donors (Lipinski definition) is 2. The first-order valence-electron chi connectivity index (χ1n) is 5.45. The van der Waals surface area contributed by atoms with E-state index < -0.39 is 0 Å². The highest BCUT2D eigenvalue weighted by Crippen LogP contribution is 2.13. The highest BCUT2D eigenvalue weighted by molar-refractivity contribution is 5.44. The van der Waals surface area contributed by atoms with E-state index >= 15 is 0 Å².